The number of carbonyl (C=O) groups excluding carboxylic acids is 1. The van der Waals surface area contributed by atoms with E-state index in [2.05, 4.69) is 17.4 Å². The zero-order valence-electron chi connectivity index (χ0n) is 12.8. The van der Waals surface area contributed by atoms with Crippen LogP contribution in [0.5, 0.6) is 5.75 Å². The number of ether oxygens (including phenoxy) is 1. The Bertz CT molecular complexity index is 470. The number of carbonyl (C=O) groups is 1. The van der Waals surface area contributed by atoms with Gasteiger partial charge < -0.3 is 10.1 Å². The van der Waals surface area contributed by atoms with E-state index < -0.39 is 0 Å². The summed E-state index contributed by atoms with van der Waals surface area (Å²) >= 11 is 0. The molecule has 0 radical (unpaired) electrons. The van der Waals surface area contributed by atoms with E-state index in [1.165, 1.54) is 31.2 Å². The molecule has 2 atom stereocenters. The number of Topliss-reactive ketones (excluding diaryl/α,β-unsaturated/α-hetero) is 1. The van der Waals surface area contributed by atoms with Crippen LogP contribution in [0.4, 0.5) is 0 Å². The number of hydrogen-bond acceptors (Lipinski definition) is 3. The van der Waals surface area contributed by atoms with E-state index >= 15 is 0 Å². The fraction of sp³-hybridized carbons (Fsp3) is 0.611. The first-order chi connectivity index (χ1) is 10.2. The standard InChI is InChI=1S/C18H25NO2/c1-21-18-8-3-13(4-9-18)2-7-17(20)12-14-10-15-5-6-16(11-14)19-15/h3-4,8-9,14-16,19H,2,5-7,10-12H2,1H3. The molecule has 1 aromatic rings. The monoisotopic (exact) mass is 287 g/mol. The van der Waals surface area contributed by atoms with Gasteiger partial charge in [0.05, 0.1) is 7.11 Å². The second-order valence-electron chi connectivity index (χ2n) is 6.57. The fourth-order valence-corrected chi connectivity index (χ4v) is 3.84. The van der Waals surface area contributed by atoms with Crippen LogP contribution in [0.25, 0.3) is 0 Å². The largest absolute Gasteiger partial charge is 0.497 e. The Labute approximate surface area is 127 Å². The molecule has 3 rings (SSSR count). The van der Waals surface area contributed by atoms with Gasteiger partial charge in [-0.1, -0.05) is 12.1 Å². The summed E-state index contributed by atoms with van der Waals surface area (Å²) < 4.78 is 5.15. The number of aryl methyl sites for hydroxylation is 1. The third-order valence-corrected chi connectivity index (χ3v) is 4.94. The van der Waals surface area contributed by atoms with Crippen LogP contribution in [0.3, 0.4) is 0 Å². The smallest absolute Gasteiger partial charge is 0.133 e. The van der Waals surface area contributed by atoms with Crippen molar-refractivity contribution in [3.63, 3.8) is 0 Å². The van der Waals surface area contributed by atoms with Gasteiger partial charge in [0, 0.05) is 24.9 Å². The fourth-order valence-electron chi connectivity index (χ4n) is 3.84. The van der Waals surface area contributed by atoms with Crippen molar-refractivity contribution in [1.82, 2.24) is 5.32 Å². The lowest BCUT2D eigenvalue weighted by Gasteiger charge is -2.28. The Balaban J connectivity index is 1.43. The molecular weight excluding hydrogens is 262 g/mol. The predicted octanol–water partition coefficient (Wildman–Crippen LogP) is 3.12. The Kier molecular flexibility index (Phi) is 4.59. The highest BCUT2D eigenvalue weighted by Crippen LogP contribution is 2.33. The molecule has 2 heterocycles. The Hall–Kier alpha value is -1.35. The maximum absolute atomic E-state index is 12.2. The van der Waals surface area contributed by atoms with Gasteiger partial charge in [-0.2, -0.15) is 0 Å². The second kappa shape index (κ2) is 6.61. The van der Waals surface area contributed by atoms with Crippen LogP contribution in [-0.2, 0) is 11.2 Å². The van der Waals surface area contributed by atoms with E-state index in [9.17, 15) is 4.79 Å². The van der Waals surface area contributed by atoms with Gasteiger partial charge in [0.15, 0.2) is 0 Å². The van der Waals surface area contributed by atoms with E-state index in [1.807, 2.05) is 12.1 Å². The summed E-state index contributed by atoms with van der Waals surface area (Å²) in [4.78, 5) is 12.2. The molecule has 0 saturated carbocycles. The molecule has 2 fully saturated rings. The summed E-state index contributed by atoms with van der Waals surface area (Å²) in [6.45, 7) is 0. The maximum Gasteiger partial charge on any atom is 0.133 e. The molecule has 2 saturated heterocycles. The molecule has 21 heavy (non-hydrogen) atoms. The van der Waals surface area contributed by atoms with Crippen LogP contribution in [0, 0.1) is 5.92 Å². The predicted molar refractivity (Wildman–Crippen MR) is 83.6 cm³/mol. The highest BCUT2D eigenvalue weighted by Gasteiger charge is 2.33. The molecule has 0 amide bonds. The van der Waals surface area contributed by atoms with Crippen molar-refractivity contribution < 1.29 is 9.53 Å². The second-order valence-corrected chi connectivity index (χ2v) is 6.57. The summed E-state index contributed by atoms with van der Waals surface area (Å²) in [6.07, 6.45) is 7.31. The van der Waals surface area contributed by atoms with Crippen LogP contribution >= 0.6 is 0 Å². The van der Waals surface area contributed by atoms with E-state index in [-0.39, 0.29) is 0 Å². The van der Waals surface area contributed by atoms with Crippen molar-refractivity contribution in [2.24, 2.45) is 5.92 Å². The van der Waals surface area contributed by atoms with E-state index in [1.54, 1.807) is 7.11 Å². The van der Waals surface area contributed by atoms with Gasteiger partial charge in [0.1, 0.15) is 11.5 Å². The number of rotatable bonds is 6. The number of nitrogens with one attached hydrogen (secondary N) is 1. The minimum absolute atomic E-state index is 0.428. The normalized spacial score (nSPS) is 27.6. The van der Waals surface area contributed by atoms with Crippen LogP contribution < -0.4 is 10.1 Å². The molecule has 3 heteroatoms. The van der Waals surface area contributed by atoms with Gasteiger partial charge in [0.25, 0.3) is 0 Å². The quantitative estimate of drug-likeness (QED) is 0.873. The highest BCUT2D eigenvalue weighted by molar-refractivity contribution is 5.78. The number of fused-ring (bicyclic) bond motifs is 2. The number of methoxy groups -OCH3 is 1. The van der Waals surface area contributed by atoms with E-state index in [0.29, 0.717) is 30.2 Å². The number of benzene rings is 1. The lowest BCUT2D eigenvalue weighted by atomic mass is 9.87. The Morgan fingerprint density at radius 3 is 2.48 bits per heavy atom. The highest BCUT2D eigenvalue weighted by atomic mass is 16.5. The molecule has 2 aliphatic rings. The van der Waals surface area contributed by atoms with E-state index in [4.69, 9.17) is 4.74 Å². The van der Waals surface area contributed by atoms with Crippen LogP contribution in [-0.4, -0.2) is 25.0 Å². The van der Waals surface area contributed by atoms with Gasteiger partial charge >= 0.3 is 0 Å². The zero-order chi connectivity index (χ0) is 14.7. The molecule has 1 aromatic carbocycles. The van der Waals surface area contributed by atoms with Crippen molar-refractivity contribution in [1.29, 1.82) is 0 Å². The third kappa shape index (κ3) is 3.85. The topological polar surface area (TPSA) is 38.3 Å². The van der Waals surface area contributed by atoms with Gasteiger partial charge in [0.2, 0.25) is 0 Å². The van der Waals surface area contributed by atoms with Crippen molar-refractivity contribution in [2.75, 3.05) is 7.11 Å². The van der Waals surface area contributed by atoms with Gasteiger partial charge in [-0.05, 0) is 55.7 Å². The molecule has 2 bridgehead atoms. The lowest BCUT2D eigenvalue weighted by molar-refractivity contribution is -0.120. The van der Waals surface area contributed by atoms with Crippen LogP contribution in [0.1, 0.15) is 44.1 Å². The molecule has 0 aromatic heterocycles. The van der Waals surface area contributed by atoms with Crippen molar-refractivity contribution in [3.8, 4) is 5.75 Å². The third-order valence-electron chi connectivity index (χ3n) is 4.94. The number of ketones is 1. The Morgan fingerprint density at radius 2 is 1.86 bits per heavy atom. The molecule has 3 nitrogen and oxygen atoms in total. The average molecular weight is 287 g/mol. The summed E-state index contributed by atoms with van der Waals surface area (Å²) in [5.41, 5.74) is 1.22. The summed E-state index contributed by atoms with van der Waals surface area (Å²) in [6, 6.07) is 9.40. The minimum atomic E-state index is 0.428. The molecule has 0 spiro atoms. The minimum Gasteiger partial charge on any atom is -0.497 e. The lowest BCUT2D eigenvalue weighted by Crippen LogP contribution is -2.38. The molecular formula is C18H25NO2. The SMILES string of the molecule is COc1ccc(CCC(=O)CC2CC3CCC(C2)N3)cc1. The van der Waals surface area contributed by atoms with Crippen molar-refractivity contribution >= 4 is 5.78 Å². The molecule has 1 N–H and O–H groups in total. The molecule has 2 unspecified atom stereocenters. The van der Waals surface area contributed by atoms with Crippen molar-refractivity contribution in [2.45, 2.75) is 57.0 Å². The summed E-state index contributed by atoms with van der Waals surface area (Å²) in [5, 5.41) is 3.64. The van der Waals surface area contributed by atoms with Gasteiger partial charge in [-0.25, -0.2) is 0 Å². The van der Waals surface area contributed by atoms with Gasteiger partial charge in [-0.15, -0.1) is 0 Å². The maximum atomic E-state index is 12.2. The molecule has 2 aliphatic heterocycles. The average Bonchev–Trinajstić information content (AvgIpc) is 2.84. The molecule has 114 valence electrons. The summed E-state index contributed by atoms with van der Waals surface area (Å²) in [7, 11) is 1.67. The van der Waals surface area contributed by atoms with Crippen LogP contribution in [0.2, 0.25) is 0 Å². The first kappa shape index (κ1) is 14.6. The zero-order valence-corrected chi connectivity index (χ0v) is 12.8. The summed E-state index contributed by atoms with van der Waals surface area (Å²) in [5.74, 6) is 1.92. The first-order valence-corrected chi connectivity index (χ1v) is 8.13. The molecule has 0 aliphatic carbocycles. The van der Waals surface area contributed by atoms with Gasteiger partial charge in [-0.3, -0.25) is 4.79 Å². The number of hydrogen-bond donors (Lipinski definition) is 1. The van der Waals surface area contributed by atoms with Crippen LogP contribution in [0.15, 0.2) is 24.3 Å². The number of piperidine rings is 1. The first-order valence-electron chi connectivity index (χ1n) is 8.13. The van der Waals surface area contributed by atoms with Crippen molar-refractivity contribution in [3.05, 3.63) is 29.8 Å². The Morgan fingerprint density at radius 1 is 1.19 bits per heavy atom. The van der Waals surface area contributed by atoms with E-state index in [0.717, 1.165) is 18.6 Å².